The minimum absolute atomic E-state index is 0.105. The van der Waals surface area contributed by atoms with E-state index in [9.17, 15) is 22.8 Å². The highest BCUT2D eigenvalue weighted by atomic mass is 19.4. The molecule has 2 aliphatic rings. The molecular weight excluding hydrogens is 337 g/mol. The third-order valence-corrected chi connectivity index (χ3v) is 4.71. The highest BCUT2D eigenvalue weighted by Crippen LogP contribution is 2.30. The van der Waals surface area contributed by atoms with E-state index in [2.05, 4.69) is 11.7 Å². The van der Waals surface area contributed by atoms with Crippen molar-refractivity contribution in [3.8, 4) is 5.75 Å². The van der Waals surface area contributed by atoms with Crippen LogP contribution in [0.4, 0.5) is 18.9 Å². The molecule has 0 aromatic heterocycles. The molecule has 0 aliphatic carbocycles. The lowest BCUT2D eigenvalue weighted by atomic mass is 9.97. The summed E-state index contributed by atoms with van der Waals surface area (Å²) in [5, 5.41) is 0. The summed E-state index contributed by atoms with van der Waals surface area (Å²) in [4.78, 5) is 28.0. The first kappa shape index (κ1) is 17.7. The number of carbonyl (C=O) groups is 2. The Hall–Kier alpha value is -2.09. The first-order valence-electron chi connectivity index (χ1n) is 8.21. The number of imide groups is 1. The molecule has 2 heterocycles. The molecule has 1 atom stereocenters. The first-order valence-corrected chi connectivity index (χ1v) is 8.21. The fourth-order valence-electron chi connectivity index (χ4n) is 3.31. The molecule has 0 radical (unpaired) electrons. The van der Waals surface area contributed by atoms with E-state index in [1.54, 1.807) is 0 Å². The van der Waals surface area contributed by atoms with Gasteiger partial charge in [0.2, 0.25) is 5.91 Å². The summed E-state index contributed by atoms with van der Waals surface area (Å²) < 4.78 is 40.4. The number of ether oxygens (including phenoxy) is 1. The predicted octanol–water partition coefficient (Wildman–Crippen LogP) is 2.95. The quantitative estimate of drug-likeness (QED) is 0.782. The van der Waals surface area contributed by atoms with Gasteiger partial charge in [-0.2, -0.15) is 0 Å². The number of amides is 2. The number of alkyl halides is 3. The molecule has 136 valence electrons. The number of carbonyl (C=O) groups excluding carboxylic acids is 2. The molecule has 1 unspecified atom stereocenters. The molecule has 0 saturated carbocycles. The second-order valence-corrected chi connectivity index (χ2v) is 6.55. The fraction of sp³-hybridized carbons (Fsp3) is 0.529. The van der Waals surface area contributed by atoms with Gasteiger partial charge in [0.15, 0.2) is 0 Å². The topological polar surface area (TPSA) is 49.9 Å². The Kier molecular flexibility index (Phi) is 4.73. The number of nitrogens with zero attached hydrogens (tertiary/aromatic N) is 2. The van der Waals surface area contributed by atoms with E-state index >= 15 is 0 Å². The van der Waals surface area contributed by atoms with E-state index in [4.69, 9.17) is 0 Å². The van der Waals surface area contributed by atoms with Crippen LogP contribution in [0.15, 0.2) is 24.3 Å². The second kappa shape index (κ2) is 6.67. The van der Waals surface area contributed by atoms with Crippen LogP contribution in [0.5, 0.6) is 5.75 Å². The van der Waals surface area contributed by atoms with Crippen molar-refractivity contribution >= 4 is 17.5 Å². The molecule has 2 aliphatic heterocycles. The standard InChI is InChI=1S/C17H19F3N2O3/c1-11-6-8-21(9-7-11)14-10-15(23)22(16(14)24)12-2-4-13(5-3-12)25-17(18,19)20/h2-5,11,14H,6-10H2,1H3. The highest BCUT2D eigenvalue weighted by Gasteiger charge is 2.43. The average molecular weight is 356 g/mol. The van der Waals surface area contributed by atoms with Gasteiger partial charge in [0.1, 0.15) is 5.75 Å². The number of hydrogen-bond acceptors (Lipinski definition) is 4. The molecule has 0 N–H and O–H groups in total. The van der Waals surface area contributed by atoms with E-state index < -0.39 is 18.2 Å². The van der Waals surface area contributed by atoms with Gasteiger partial charge in [-0.05, 0) is 56.1 Å². The van der Waals surface area contributed by atoms with Gasteiger partial charge < -0.3 is 4.74 Å². The third-order valence-electron chi connectivity index (χ3n) is 4.71. The van der Waals surface area contributed by atoms with Gasteiger partial charge in [0, 0.05) is 0 Å². The molecule has 0 bridgehead atoms. The summed E-state index contributed by atoms with van der Waals surface area (Å²) >= 11 is 0. The Balaban J connectivity index is 1.72. The van der Waals surface area contributed by atoms with Gasteiger partial charge in [-0.3, -0.25) is 14.5 Å². The van der Waals surface area contributed by atoms with E-state index in [1.165, 1.54) is 12.1 Å². The molecule has 8 heteroatoms. The summed E-state index contributed by atoms with van der Waals surface area (Å²) in [6.45, 7) is 3.71. The van der Waals surface area contributed by atoms with Gasteiger partial charge in [-0.15, -0.1) is 13.2 Å². The third kappa shape index (κ3) is 3.95. The number of piperidine rings is 1. The number of anilines is 1. The predicted molar refractivity (Wildman–Crippen MR) is 84.0 cm³/mol. The summed E-state index contributed by atoms with van der Waals surface area (Å²) in [6.07, 6.45) is -2.70. The number of hydrogen-bond donors (Lipinski definition) is 0. The maximum Gasteiger partial charge on any atom is 0.573 e. The van der Waals surface area contributed by atoms with E-state index in [0.29, 0.717) is 5.92 Å². The molecule has 1 aromatic rings. The maximum absolute atomic E-state index is 12.7. The van der Waals surface area contributed by atoms with Gasteiger partial charge in [-0.1, -0.05) is 6.92 Å². The van der Waals surface area contributed by atoms with E-state index in [-0.39, 0.29) is 23.9 Å². The lowest BCUT2D eigenvalue weighted by Gasteiger charge is -2.33. The summed E-state index contributed by atoms with van der Waals surface area (Å²) in [6, 6.07) is 4.29. The smallest absolute Gasteiger partial charge is 0.406 e. The Labute approximate surface area is 143 Å². The second-order valence-electron chi connectivity index (χ2n) is 6.55. The molecule has 3 rings (SSSR count). The van der Waals surface area contributed by atoms with Crippen LogP contribution in [0.3, 0.4) is 0 Å². The molecule has 2 saturated heterocycles. The van der Waals surface area contributed by atoms with Gasteiger partial charge in [-0.25, -0.2) is 4.90 Å². The monoisotopic (exact) mass is 356 g/mol. The highest BCUT2D eigenvalue weighted by molar-refractivity contribution is 6.22. The lowest BCUT2D eigenvalue weighted by Crippen LogP contribution is -2.45. The van der Waals surface area contributed by atoms with Crippen molar-refractivity contribution in [3.05, 3.63) is 24.3 Å². The fourth-order valence-corrected chi connectivity index (χ4v) is 3.31. The van der Waals surface area contributed by atoms with Crippen molar-refractivity contribution in [1.29, 1.82) is 0 Å². The van der Waals surface area contributed by atoms with Crippen molar-refractivity contribution in [2.24, 2.45) is 5.92 Å². The minimum Gasteiger partial charge on any atom is -0.406 e. The normalized spacial score (nSPS) is 23.4. The van der Waals surface area contributed by atoms with Crippen LogP contribution >= 0.6 is 0 Å². The summed E-state index contributed by atoms with van der Waals surface area (Å²) in [5.41, 5.74) is 0.261. The minimum atomic E-state index is -4.78. The SMILES string of the molecule is CC1CCN(C2CC(=O)N(c3ccc(OC(F)(F)F)cc3)C2=O)CC1. The van der Waals surface area contributed by atoms with Crippen LogP contribution in [0.2, 0.25) is 0 Å². The van der Waals surface area contributed by atoms with Gasteiger partial charge >= 0.3 is 6.36 Å². The first-order chi connectivity index (χ1) is 11.7. The molecule has 0 spiro atoms. The average Bonchev–Trinajstić information content (AvgIpc) is 2.82. The van der Waals surface area contributed by atoms with Crippen molar-refractivity contribution in [1.82, 2.24) is 4.90 Å². The summed E-state index contributed by atoms with van der Waals surface area (Å²) in [7, 11) is 0. The Morgan fingerprint density at radius 2 is 1.68 bits per heavy atom. The van der Waals surface area contributed by atoms with E-state index in [0.717, 1.165) is 43.0 Å². The van der Waals surface area contributed by atoms with Crippen molar-refractivity contribution < 1.29 is 27.5 Å². The number of benzene rings is 1. The molecule has 25 heavy (non-hydrogen) atoms. The summed E-state index contributed by atoms with van der Waals surface area (Å²) in [5.74, 6) is -0.431. The molecule has 2 fully saturated rings. The van der Waals surface area contributed by atoms with Crippen molar-refractivity contribution in [2.45, 2.75) is 38.6 Å². The zero-order valence-electron chi connectivity index (χ0n) is 13.8. The Bertz CT molecular complexity index is 652. The molecular formula is C17H19F3N2O3. The zero-order valence-corrected chi connectivity index (χ0v) is 13.8. The maximum atomic E-state index is 12.7. The van der Waals surface area contributed by atoms with Crippen LogP contribution in [0.25, 0.3) is 0 Å². The van der Waals surface area contributed by atoms with Crippen LogP contribution in [-0.2, 0) is 9.59 Å². The molecule has 5 nitrogen and oxygen atoms in total. The number of likely N-dealkylation sites (tertiary alicyclic amines) is 1. The zero-order chi connectivity index (χ0) is 18.2. The Morgan fingerprint density at radius 3 is 2.24 bits per heavy atom. The number of rotatable bonds is 3. The lowest BCUT2D eigenvalue weighted by molar-refractivity contribution is -0.274. The van der Waals surface area contributed by atoms with Crippen molar-refractivity contribution in [3.63, 3.8) is 0 Å². The van der Waals surface area contributed by atoms with Crippen LogP contribution in [0, 0.1) is 5.92 Å². The number of halogens is 3. The largest absolute Gasteiger partial charge is 0.573 e. The van der Waals surface area contributed by atoms with Crippen LogP contribution in [-0.4, -0.2) is 42.2 Å². The molecule has 2 amide bonds. The van der Waals surface area contributed by atoms with Crippen LogP contribution in [0.1, 0.15) is 26.2 Å². The van der Waals surface area contributed by atoms with Gasteiger partial charge in [0.05, 0.1) is 18.2 Å². The van der Waals surface area contributed by atoms with Crippen molar-refractivity contribution in [2.75, 3.05) is 18.0 Å². The van der Waals surface area contributed by atoms with E-state index in [1.807, 2.05) is 4.90 Å². The van der Waals surface area contributed by atoms with Gasteiger partial charge in [0.25, 0.3) is 5.91 Å². The Morgan fingerprint density at radius 1 is 1.08 bits per heavy atom. The van der Waals surface area contributed by atoms with Crippen LogP contribution < -0.4 is 9.64 Å². The molecule has 1 aromatic carbocycles.